The van der Waals surface area contributed by atoms with E-state index < -0.39 is 10.0 Å². The third kappa shape index (κ3) is 2.93. The Hall–Kier alpha value is -1.11. The van der Waals surface area contributed by atoms with Gasteiger partial charge < -0.3 is 10.1 Å². The summed E-state index contributed by atoms with van der Waals surface area (Å²) in [4.78, 5) is 0.372. The van der Waals surface area contributed by atoms with Gasteiger partial charge in [0, 0.05) is 25.3 Å². The van der Waals surface area contributed by atoms with Crippen molar-refractivity contribution < 1.29 is 13.2 Å². The number of aryl methyl sites for hydroxylation is 1. The summed E-state index contributed by atoms with van der Waals surface area (Å²) in [6.45, 7) is 5.55. The Bertz CT molecular complexity index is 620. The molecule has 2 atom stereocenters. The molecule has 0 spiro atoms. The predicted molar refractivity (Wildman–Crippen MR) is 82.0 cm³/mol. The van der Waals surface area contributed by atoms with Gasteiger partial charge in [0.1, 0.15) is 0 Å². The minimum atomic E-state index is -3.45. The van der Waals surface area contributed by atoms with E-state index >= 15 is 0 Å². The first-order valence-electron chi connectivity index (χ1n) is 7.49. The molecular weight excluding hydrogens is 288 g/mol. The highest BCUT2D eigenvalue weighted by atomic mass is 32.2. The molecule has 0 radical (unpaired) electrons. The lowest BCUT2D eigenvalue weighted by atomic mass is 10.0. The second-order valence-corrected chi connectivity index (χ2v) is 7.87. The Balaban J connectivity index is 1.91. The highest BCUT2D eigenvalue weighted by molar-refractivity contribution is 7.89. The number of benzene rings is 1. The first-order valence-corrected chi connectivity index (χ1v) is 8.93. The molecule has 0 saturated carbocycles. The van der Waals surface area contributed by atoms with Crippen LogP contribution < -0.4 is 5.32 Å². The summed E-state index contributed by atoms with van der Waals surface area (Å²) in [7, 11) is -3.45. The van der Waals surface area contributed by atoms with Gasteiger partial charge in [0.2, 0.25) is 10.0 Å². The van der Waals surface area contributed by atoms with Gasteiger partial charge in [-0.25, -0.2) is 8.42 Å². The maximum absolute atomic E-state index is 12.8. The minimum absolute atomic E-state index is 0.0701. The van der Waals surface area contributed by atoms with Crippen molar-refractivity contribution in [2.45, 2.75) is 43.8 Å². The lowest BCUT2D eigenvalue weighted by Gasteiger charge is -2.34. The normalized spacial score (nSPS) is 27.0. The summed E-state index contributed by atoms with van der Waals surface area (Å²) >= 11 is 0. The van der Waals surface area contributed by atoms with Crippen molar-refractivity contribution in [3.05, 3.63) is 23.8 Å². The first-order chi connectivity index (χ1) is 9.96. The summed E-state index contributed by atoms with van der Waals surface area (Å²) in [5.74, 6) is 0. The number of rotatable bonds is 2. The van der Waals surface area contributed by atoms with Crippen LogP contribution in [0.15, 0.2) is 23.1 Å². The smallest absolute Gasteiger partial charge is 0.243 e. The highest BCUT2D eigenvalue weighted by Gasteiger charge is 2.32. The summed E-state index contributed by atoms with van der Waals surface area (Å²) in [5.41, 5.74) is 2.15. The van der Waals surface area contributed by atoms with E-state index in [1.54, 1.807) is 12.1 Å². The molecule has 2 aliphatic rings. The number of anilines is 1. The summed E-state index contributed by atoms with van der Waals surface area (Å²) in [5, 5.41) is 3.29. The maximum Gasteiger partial charge on any atom is 0.243 e. The van der Waals surface area contributed by atoms with E-state index in [0.717, 1.165) is 25.1 Å². The molecule has 2 aliphatic heterocycles. The van der Waals surface area contributed by atoms with Crippen molar-refractivity contribution in [2.75, 3.05) is 25.0 Å². The molecule has 1 aromatic rings. The number of hydrogen-bond acceptors (Lipinski definition) is 4. The molecule has 0 aliphatic carbocycles. The van der Waals surface area contributed by atoms with Crippen LogP contribution in [0.25, 0.3) is 0 Å². The molecule has 1 saturated heterocycles. The van der Waals surface area contributed by atoms with Gasteiger partial charge in [-0.3, -0.25) is 0 Å². The van der Waals surface area contributed by atoms with Crippen molar-refractivity contribution in [3.8, 4) is 0 Å². The average molecular weight is 310 g/mol. The van der Waals surface area contributed by atoms with E-state index in [0.29, 0.717) is 18.0 Å². The molecular formula is C15H22N2O3S. The molecule has 21 heavy (non-hydrogen) atoms. The van der Waals surface area contributed by atoms with Crippen LogP contribution in [0.1, 0.15) is 25.8 Å². The Morgan fingerprint density at radius 3 is 2.67 bits per heavy atom. The number of nitrogens with one attached hydrogen (secondary N) is 1. The number of sulfonamides is 1. The van der Waals surface area contributed by atoms with Gasteiger partial charge >= 0.3 is 0 Å². The Morgan fingerprint density at radius 1 is 1.24 bits per heavy atom. The predicted octanol–water partition coefficient (Wildman–Crippen LogP) is 1.84. The number of nitrogens with zero attached hydrogens (tertiary/aromatic N) is 1. The van der Waals surface area contributed by atoms with Crippen LogP contribution in [0.5, 0.6) is 0 Å². The minimum Gasteiger partial charge on any atom is -0.385 e. The SMILES string of the molecule is C[C@@H]1CN(S(=O)(=O)c2ccc3c(c2)NCCC3)C[C@H](C)O1. The zero-order valence-electron chi connectivity index (χ0n) is 12.5. The lowest BCUT2D eigenvalue weighted by molar-refractivity contribution is -0.0440. The molecule has 6 heteroatoms. The zero-order chi connectivity index (χ0) is 15.0. The standard InChI is InChI=1S/C15H22N2O3S/c1-11-9-17(10-12(2)20-11)21(18,19)14-6-5-13-4-3-7-16-15(13)8-14/h5-6,8,11-12,16H,3-4,7,9-10H2,1-2H3/t11-,12+. The molecule has 116 valence electrons. The van der Waals surface area contributed by atoms with Crippen molar-refractivity contribution in [2.24, 2.45) is 0 Å². The topological polar surface area (TPSA) is 58.6 Å². The monoisotopic (exact) mass is 310 g/mol. The molecule has 1 aromatic carbocycles. The van der Waals surface area contributed by atoms with Crippen molar-refractivity contribution >= 4 is 15.7 Å². The van der Waals surface area contributed by atoms with Crippen LogP contribution in [0.4, 0.5) is 5.69 Å². The summed E-state index contributed by atoms with van der Waals surface area (Å²) < 4.78 is 32.8. The van der Waals surface area contributed by atoms with Gasteiger partial charge in [-0.1, -0.05) is 6.07 Å². The fourth-order valence-corrected chi connectivity index (χ4v) is 4.69. The fraction of sp³-hybridized carbons (Fsp3) is 0.600. The van der Waals surface area contributed by atoms with Gasteiger partial charge in [0.15, 0.2) is 0 Å². The molecule has 3 rings (SSSR count). The van der Waals surface area contributed by atoms with E-state index in [1.807, 2.05) is 19.9 Å². The van der Waals surface area contributed by atoms with E-state index in [9.17, 15) is 8.42 Å². The Morgan fingerprint density at radius 2 is 1.95 bits per heavy atom. The number of fused-ring (bicyclic) bond motifs is 1. The number of ether oxygens (including phenoxy) is 1. The molecule has 0 amide bonds. The van der Waals surface area contributed by atoms with Crippen LogP contribution in [-0.2, 0) is 21.2 Å². The van der Waals surface area contributed by atoms with Crippen LogP contribution in [0, 0.1) is 0 Å². The summed E-state index contributed by atoms with van der Waals surface area (Å²) in [6.07, 6.45) is 1.96. The average Bonchev–Trinajstić information content (AvgIpc) is 2.45. The molecule has 0 unspecified atom stereocenters. The number of morpholine rings is 1. The quantitative estimate of drug-likeness (QED) is 0.905. The van der Waals surface area contributed by atoms with Crippen LogP contribution in [-0.4, -0.2) is 44.6 Å². The van der Waals surface area contributed by atoms with Crippen LogP contribution in [0.2, 0.25) is 0 Å². The molecule has 2 heterocycles. The zero-order valence-corrected chi connectivity index (χ0v) is 13.3. The lowest BCUT2D eigenvalue weighted by Crippen LogP contribution is -2.48. The summed E-state index contributed by atoms with van der Waals surface area (Å²) in [6, 6.07) is 5.43. The van der Waals surface area contributed by atoms with Gasteiger partial charge in [-0.15, -0.1) is 0 Å². The van der Waals surface area contributed by atoms with Gasteiger partial charge in [-0.2, -0.15) is 4.31 Å². The van der Waals surface area contributed by atoms with Crippen LogP contribution >= 0.6 is 0 Å². The van der Waals surface area contributed by atoms with Crippen molar-refractivity contribution in [1.29, 1.82) is 0 Å². The van der Waals surface area contributed by atoms with E-state index in [2.05, 4.69) is 5.32 Å². The maximum atomic E-state index is 12.8. The van der Waals surface area contributed by atoms with Crippen molar-refractivity contribution in [3.63, 3.8) is 0 Å². The van der Waals surface area contributed by atoms with Crippen LogP contribution in [0.3, 0.4) is 0 Å². The van der Waals surface area contributed by atoms with Gasteiger partial charge in [0.25, 0.3) is 0 Å². The second kappa shape index (κ2) is 5.59. The highest BCUT2D eigenvalue weighted by Crippen LogP contribution is 2.28. The fourth-order valence-electron chi connectivity index (χ4n) is 3.08. The van der Waals surface area contributed by atoms with Gasteiger partial charge in [-0.05, 0) is 44.4 Å². The van der Waals surface area contributed by atoms with E-state index in [1.165, 1.54) is 9.87 Å². The Labute approximate surface area is 126 Å². The molecule has 1 fully saturated rings. The first kappa shape index (κ1) is 14.8. The van der Waals surface area contributed by atoms with Crippen molar-refractivity contribution in [1.82, 2.24) is 4.31 Å². The Kier molecular flexibility index (Phi) is 3.94. The number of hydrogen-bond donors (Lipinski definition) is 1. The largest absolute Gasteiger partial charge is 0.385 e. The van der Waals surface area contributed by atoms with E-state index in [-0.39, 0.29) is 12.2 Å². The third-order valence-electron chi connectivity index (χ3n) is 4.04. The molecule has 0 bridgehead atoms. The molecule has 0 aromatic heterocycles. The molecule has 1 N–H and O–H groups in total. The third-order valence-corrected chi connectivity index (χ3v) is 5.87. The second-order valence-electron chi connectivity index (χ2n) is 5.93. The molecule has 5 nitrogen and oxygen atoms in total. The van der Waals surface area contributed by atoms with Gasteiger partial charge in [0.05, 0.1) is 17.1 Å². The van der Waals surface area contributed by atoms with E-state index in [4.69, 9.17) is 4.74 Å².